The minimum Gasteiger partial charge on any atom is -0.494 e. The van der Waals surface area contributed by atoms with E-state index in [4.69, 9.17) is 9.15 Å². The Balaban J connectivity index is 1.90. The van der Waals surface area contributed by atoms with Crippen molar-refractivity contribution in [2.45, 2.75) is 38.8 Å². The van der Waals surface area contributed by atoms with E-state index in [1.165, 1.54) is 6.26 Å². The van der Waals surface area contributed by atoms with Crippen LogP contribution in [0.5, 0.6) is 5.75 Å². The molecule has 5 nitrogen and oxygen atoms in total. The van der Waals surface area contributed by atoms with Crippen molar-refractivity contribution in [1.29, 1.82) is 0 Å². The third-order valence-electron chi connectivity index (χ3n) is 3.39. The number of ether oxygens (including phenoxy) is 1. The lowest BCUT2D eigenvalue weighted by molar-refractivity contribution is 0.0902. The summed E-state index contributed by atoms with van der Waals surface area (Å²) in [7, 11) is 0. The van der Waals surface area contributed by atoms with E-state index >= 15 is 0 Å². The lowest BCUT2D eigenvalue weighted by atomic mass is 10.1. The average Bonchev–Trinajstić information content (AvgIpc) is 3.07. The van der Waals surface area contributed by atoms with Crippen molar-refractivity contribution < 1.29 is 19.1 Å². The van der Waals surface area contributed by atoms with Crippen LogP contribution in [-0.2, 0) is 0 Å². The van der Waals surface area contributed by atoms with Crippen molar-refractivity contribution >= 4 is 5.91 Å². The molecule has 1 heterocycles. The summed E-state index contributed by atoms with van der Waals surface area (Å²) in [5, 5.41) is 12.9. The highest BCUT2D eigenvalue weighted by molar-refractivity contribution is 5.94. The topological polar surface area (TPSA) is 71.7 Å². The zero-order chi connectivity index (χ0) is 16.7. The minimum atomic E-state index is -0.737. The number of nitrogens with one attached hydrogen (secondary N) is 1. The number of hydrogen-bond acceptors (Lipinski definition) is 4. The van der Waals surface area contributed by atoms with Gasteiger partial charge in [-0.2, -0.15) is 0 Å². The zero-order valence-corrected chi connectivity index (χ0v) is 13.5. The average molecular weight is 317 g/mol. The van der Waals surface area contributed by atoms with Crippen LogP contribution in [0.15, 0.2) is 47.1 Å². The van der Waals surface area contributed by atoms with E-state index in [1.807, 2.05) is 19.9 Å². The Morgan fingerprint density at radius 1 is 1.35 bits per heavy atom. The van der Waals surface area contributed by atoms with Crippen molar-refractivity contribution in [3.8, 4) is 5.75 Å². The van der Waals surface area contributed by atoms with Gasteiger partial charge in [0.2, 0.25) is 0 Å². The van der Waals surface area contributed by atoms with Crippen LogP contribution >= 0.6 is 0 Å². The summed E-state index contributed by atoms with van der Waals surface area (Å²) in [6.45, 7) is 4.50. The maximum Gasteiger partial charge on any atom is 0.251 e. The number of furan rings is 1. The Kier molecular flexibility index (Phi) is 6.23. The lowest BCUT2D eigenvalue weighted by Crippen LogP contribution is -2.33. The molecule has 0 radical (unpaired) electrons. The van der Waals surface area contributed by atoms with Crippen molar-refractivity contribution in [2.24, 2.45) is 0 Å². The Labute approximate surface area is 136 Å². The van der Waals surface area contributed by atoms with Gasteiger partial charge in [-0.25, -0.2) is 0 Å². The second kappa shape index (κ2) is 8.39. The number of aliphatic hydroxyl groups excluding tert-OH is 1. The number of rotatable bonds is 8. The molecule has 1 aromatic heterocycles. The molecule has 2 N–H and O–H groups in total. The summed E-state index contributed by atoms with van der Waals surface area (Å²) in [5.41, 5.74) is 0.540. The number of amides is 1. The van der Waals surface area contributed by atoms with Crippen LogP contribution in [-0.4, -0.2) is 23.7 Å². The van der Waals surface area contributed by atoms with Gasteiger partial charge in [0.25, 0.3) is 5.91 Å². The highest BCUT2D eigenvalue weighted by Crippen LogP contribution is 2.19. The first-order chi connectivity index (χ1) is 11.1. The van der Waals surface area contributed by atoms with Crippen LogP contribution in [0.3, 0.4) is 0 Å². The van der Waals surface area contributed by atoms with Gasteiger partial charge in [-0.3, -0.25) is 4.79 Å². The fourth-order valence-corrected chi connectivity index (χ4v) is 2.25. The lowest BCUT2D eigenvalue weighted by Gasteiger charge is -2.17. The highest BCUT2D eigenvalue weighted by atomic mass is 16.5. The largest absolute Gasteiger partial charge is 0.494 e. The summed E-state index contributed by atoms with van der Waals surface area (Å²) in [4.78, 5) is 12.3. The molecule has 1 aromatic carbocycles. The summed E-state index contributed by atoms with van der Waals surface area (Å²) >= 11 is 0. The molecule has 2 unspecified atom stereocenters. The third-order valence-corrected chi connectivity index (χ3v) is 3.39. The van der Waals surface area contributed by atoms with Gasteiger partial charge in [0.05, 0.1) is 12.9 Å². The van der Waals surface area contributed by atoms with Crippen LogP contribution in [0.1, 0.15) is 48.9 Å². The molecule has 0 bridgehead atoms. The fourth-order valence-electron chi connectivity index (χ4n) is 2.25. The molecule has 2 aromatic rings. The van der Waals surface area contributed by atoms with Crippen LogP contribution in [0.2, 0.25) is 0 Å². The molecular weight excluding hydrogens is 294 g/mol. The van der Waals surface area contributed by atoms with Crippen LogP contribution in [0.4, 0.5) is 0 Å². The SMILES string of the molecule is CCCOc1cccc(C(=O)NC(C)CC(O)c2ccco2)c1. The van der Waals surface area contributed by atoms with Gasteiger partial charge >= 0.3 is 0 Å². The van der Waals surface area contributed by atoms with Gasteiger partial charge < -0.3 is 19.6 Å². The second-order valence-corrected chi connectivity index (χ2v) is 5.52. The molecule has 0 aliphatic rings. The van der Waals surface area contributed by atoms with Gasteiger partial charge in [0, 0.05) is 18.0 Å². The molecule has 5 heteroatoms. The Morgan fingerprint density at radius 3 is 2.87 bits per heavy atom. The molecular formula is C18H23NO4. The fraction of sp³-hybridized carbons (Fsp3) is 0.389. The van der Waals surface area contributed by atoms with Crippen LogP contribution < -0.4 is 10.1 Å². The van der Waals surface area contributed by atoms with Gasteiger partial charge in [-0.1, -0.05) is 13.0 Å². The molecule has 0 spiro atoms. The first kappa shape index (κ1) is 17.1. The van der Waals surface area contributed by atoms with Gasteiger partial charge in [-0.05, 0) is 43.7 Å². The second-order valence-electron chi connectivity index (χ2n) is 5.52. The van der Waals surface area contributed by atoms with Gasteiger partial charge in [0.1, 0.15) is 17.6 Å². The predicted molar refractivity (Wildman–Crippen MR) is 87.4 cm³/mol. The normalized spacial score (nSPS) is 13.3. The number of carbonyl (C=O) groups is 1. The van der Waals surface area contributed by atoms with E-state index in [2.05, 4.69) is 5.32 Å². The molecule has 0 saturated carbocycles. The molecule has 0 fully saturated rings. The number of benzene rings is 1. The number of carbonyl (C=O) groups excluding carboxylic acids is 1. The summed E-state index contributed by atoms with van der Waals surface area (Å²) in [6.07, 6.45) is 2.08. The van der Waals surface area contributed by atoms with Crippen molar-refractivity contribution in [3.63, 3.8) is 0 Å². The molecule has 2 atom stereocenters. The summed E-state index contributed by atoms with van der Waals surface area (Å²) in [5.74, 6) is 0.995. The Morgan fingerprint density at radius 2 is 2.17 bits per heavy atom. The first-order valence-corrected chi connectivity index (χ1v) is 7.85. The molecule has 23 heavy (non-hydrogen) atoms. The van der Waals surface area contributed by atoms with Gasteiger partial charge in [0.15, 0.2) is 0 Å². The summed E-state index contributed by atoms with van der Waals surface area (Å²) in [6, 6.07) is 10.3. The van der Waals surface area contributed by atoms with E-state index in [9.17, 15) is 9.90 Å². The van der Waals surface area contributed by atoms with E-state index in [1.54, 1.807) is 30.3 Å². The standard InChI is InChI=1S/C18H23NO4/c1-3-9-22-15-7-4-6-14(12-15)18(21)19-13(2)11-16(20)17-8-5-10-23-17/h4-8,10,12-13,16,20H,3,9,11H2,1-2H3,(H,19,21). The van der Waals surface area contributed by atoms with E-state index < -0.39 is 6.10 Å². The third kappa shape index (κ3) is 5.14. The minimum absolute atomic E-state index is 0.189. The molecule has 0 aliphatic carbocycles. The summed E-state index contributed by atoms with van der Waals surface area (Å²) < 4.78 is 10.7. The van der Waals surface area contributed by atoms with E-state index in [0.717, 1.165) is 6.42 Å². The zero-order valence-electron chi connectivity index (χ0n) is 13.5. The van der Waals surface area contributed by atoms with Crippen molar-refractivity contribution in [2.75, 3.05) is 6.61 Å². The molecule has 124 valence electrons. The Hall–Kier alpha value is -2.27. The monoisotopic (exact) mass is 317 g/mol. The van der Waals surface area contributed by atoms with Crippen molar-refractivity contribution in [3.05, 3.63) is 54.0 Å². The number of aliphatic hydroxyl groups is 1. The molecule has 0 aliphatic heterocycles. The maximum atomic E-state index is 12.3. The molecule has 2 rings (SSSR count). The van der Waals surface area contributed by atoms with Gasteiger partial charge in [-0.15, -0.1) is 0 Å². The quantitative estimate of drug-likeness (QED) is 0.783. The van der Waals surface area contributed by atoms with E-state index in [0.29, 0.717) is 30.1 Å². The molecule has 1 amide bonds. The molecule has 0 saturated heterocycles. The maximum absolute atomic E-state index is 12.3. The predicted octanol–water partition coefficient (Wildman–Crippen LogP) is 3.31. The smallest absolute Gasteiger partial charge is 0.251 e. The van der Waals surface area contributed by atoms with Crippen LogP contribution in [0, 0.1) is 0 Å². The number of hydrogen-bond donors (Lipinski definition) is 2. The highest BCUT2D eigenvalue weighted by Gasteiger charge is 2.17. The van der Waals surface area contributed by atoms with Crippen molar-refractivity contribution in [1.82, 2.24) is 5.32 Å². The Bertz CT molecular complexity index is 609. The van der Waals surface area contributed by atoms with Crippen LogP contribution in [0.25, 0.3) is 0 Å². The van der Waals surface area contributed by atoms with E-state index in [-0.39, 0.29) is 11.9 Å². The first-order valence-electron chi connectivity index (χ1n) is 7.85.